The van der Waals surface area contributed by atoms with Gasteiger partial charge in [-0.2, -0.15) is 9.97 Å². The van der Waals surface area contributed by atoms with Gasteiger partial charge >= 0.3 is 0 Å². The molecule has 0 bridgehead atoms. The summed E-state index contributed by atoms with van der Waals surface area (Å²) >= 11 is 0. The summed E-state index contributed by atoms with van der Waals surface area (Å²) in [4.78, 5) is 32.5. The van der Waals surface area contributed by atoms with Crippen LogP contribution in [0.4, 0.5) is 20.5 Å². The minimum atomic E-state index is -2.78. The summed E-state index contributed by atoms with van der Waals surface area (Å²) in [7, 11) is 1.85. The van der Waals surface area contributed by atoms with Crippen LogP contribution in [-0.2, 0) is 9.53 Å². The van der Waals surface area contributed by atoms with Crippen LogP contribution in [0.15, 0.2) is 30.3 Å². The molecular weight excluding hydrogens is 534 g/mol. The second kappa shape index (κ2) is 11.8. The zero-order valence-electron chi connectivity index (χ0n) is 23.1. The molecule has 11 nitrogen and oxygen atoms in total. The third-order valence-corrected chi connectivity index (χ3v) is 8.31. The van der Waals surface area contributed by atoms with E-state index in [1.54, 1.807) is 30.3 Å². The first-order valence-corrected chi connectivity index (χ1v) is 14.3. The second-order valence-electron chi connectivity index (χ2n) is 11.1. The Balaban J connectivity index is 1.22. The van der Waals surface area contributed by atoms with Crippen molar-refractivity contribution in [3.05, 3.63) is 36.2 Å². The fourth-order valence-corrected chi connectivity index (χ4v) is 6.00. The SMILES string of the molecule is CN1CC(C(=O)N2CC[C@H](CNc3cc(-n4c(C(F)F)nc5ccccc54)nc(N4CCOCC4)n3)C2)CCC1O. The Kier molecular flexibility index (Phi) is 8.00. The zero-order chi connectivity index (χ0) is 28.5. The highest BCUT2D eigenvalue weighted by Gasteiger charge is 2.35. The van der Waals surface area contributed by atoms with Gasteiger partial charge in [-0.1, -0.05) is 12.1 Å². The number of morpholine rings is 1. The minimum Gasteiger partial charge on any atom is -0.378 e. The number of hydrogen-bond donors (Lipinski definition) is 2. The maximum Gasteiger partial charge on any atom is 0.296 e. The average molecular weight is 571 g/mol. The first-order valence-electron chi connectivity index (χ1n) is 14.3. The number of nitrogens with one attached hydrogen (secondary N) is 1. The van der Waals surface area contributed by atoms with Crippen LogP contribution in [0.2, 0.25) is 0 Å². The minimum absolute atomic E-state index is 0.0929. The molecule has 0 saturated carbocycles. The van der Waals surface area contributed by atoms with E-state index in [2.05, 4.69) is 10.3 Å². The summed E-state index contributed by atoms with van der Waals surface area (Å²) in [5, 5.41) is 13.4. The number of carbonyl (C=O) groups is 1. The molecule has 0 spiro atoms. The predicted octanol–water partition coefficient (Wildman–Crippen LogP) is 2.51. The van der Waals surface area contributed by atoms with Crippen molar-refractivity contribution in [1.82, 2.24) is 29.3 Å². The molecule has 3 aliphatic rings. The van der Waals surface area contributed by atoms with Crippen molar-refractivity contribution >= 4 is 28.7 Å². The molecule has 3 aromatic rings. The van der Waals surface area contributed by atoms with E-state index >= 15 is 0 Å². The number of aliphatic hydroxyl groups is 1. The summed E-state index contributed by atoms with van der Waals surface area (Å²) in [6, 6.07) is 8.71. The number of hydrogen-bond acceptors (Lipinski definition) is 9. The van der Waals surface area contributed by atoms with Crippen molar-refractivity contribution in [2.24, 2.45) is 11.8 Å². The van der Waals surface area contributed by atoms with Gasteiger partial charge in [0.1, 0.15) is 17.9 Å². The summed E-state index contributed by atoms with van der Waals surface area (Å²) in [6.07, 6.45) is -1.10. The number of alkyl halides is 2. The Bertz CT molecular complexity index is 1380. The van der Waals surface area contributed by atoms with E-state index in [0.717, 1.165) is 6.42 Å². The number of likely N-dealkylation sites (tertiary alicyclic amines) is 2. The number of rotatable bonds is 7. The van der Waals surface area contributed by atoms with Crippen LogP contribution in [0, 0.1) is 11.8 Å². The largest absolute Gasteiger partial charge is 0.378 e. The average Bonchev–Trinajstić information content (AvgIpc) is 3.63. The third-order valence-electron chi connectivity index (χ3n) is 8.31. The Morgan fingerprint density at radius 3 is 2.68 bits per heavy atom. The number of imidazole rings is 1. The Hall–Kier alpha value is -3.42. The lowest BCUT2D eigenvalue weighted by Gasteiger charge is -2.35. The number of para-hydroxylation sites is 2. The highest BCUT2D eigenvalue weighted by molar-refractivity contribution is 5.79. The maximum atomic E-state index is 14.1. The van der Waals surface area contributed by atoms with E-state index in [9.17, 15) is 18.7 Å². The van der Waals surface area contributed by atoms with Crippen molar-refractivity contribution in [2.75, 3.05) is 69.7 Å². The van der Waals surface area contributed by atoms with Crippen LogP contribution in [-0.4, -0.2) is 106 Å². The van der Waals surface area contributed by atoms with Gasteiger partial charge < -0.3 is 25.0 Å². The number of ether oxygens (including phenoxy) is 1. The lowest BCUT2D eigenvalue weighted by Crippen LogP contribution is -2.46. The summed E-state index contributed by atoms with van der Waals surface area (Å²) < 4.78 is 35.1. The van der Waals surface area contributed by atoms with Crippen molar-refractivity contribution in [2.45, 2.75) is 31.9 Å². The second-order valence-corrected chi connectivity index (χ2v) is 11.1. The number of amides is 1. The molecular formula is C28H36F2N8O3. The highest BCUT2D eigenvalue weighted by Crippen LogP contribution is 2.30. The summed E-state index contributed by atoms with van der Waals surface area (Å²) in [5.74, 6) is 1.21. The summed E-state index contributed by atoms with van der Waals surface area (Å²) in [5.41, 5.74) is 1.02. The van der Waals surface area contributed by atoms with Crippen LogP contribution < -0.4 is 10.2 Å². The van der Waals surface area contributed by atoms with Gasteiger partial charge in [-0.15, -0.1) is 0 Å². The van der Waals surface area contributed by atoms with E-state index in [1.165, 1.54) is 4.57 Å². The molecule has 0 radical (unpaired) electrons. The van der Waals surface area contributed by atoms with Crippen molar-refractivity contribution < 1.29 is 23.4 Å². The van der Waals surface area contributed by atoms with Crippen LogP contribution >= 0.6 is 0 Å². The van der Waals surface area contributed by atoms with E-state index in [1.807, 2.05) is 21.7 Å². The number of piperidine rings is 1. The lowest BCUT2D eigenvalue weighted by atomic mass is 9.96. The number of nitrogens with zero attached hydrogens (tertiary/aromatic N) is 7. The fourth-order valence-electron chi connectivity index (χ4n) is 6.00. The number of aromatic nitrogens is 4. The van der Waals surface area contributed by atoms with Gasteiger partial charge in [-0.05, 0) is 44.4 Å². The topological polar surface area (TPSA) is 112 Å². The first kappa shape index (κ1) is 27.7. The Morgan fingerprint density at radius 1 is 1.10 bits per heavy atom. The molecule has 41 heavy (non-hydrogen) atoms. The molecule has 5 heterocycles. The maximum absolute atomic E-state index is 14.1. The van der Waals surface area contributed by atoms with Gasteiger partial charge in [0.15, 0.2) is 5.82 Å². The normalized spacial score (nSPS) is 24.0. The number of fused-ring (bicyclic) bond motifs is 1. The molecule has 1 amide bonds. The smallest absolute Gasteiger partial charge is 0.296 e. The molecule has 3 aliphatic heterocycles. The van der Waals surface area contributed by atoms with Gasteiger partial charge in [-0.3, -0.25) is 14.3 Å². The third kappa shape index (κ3) is 5.84. The Morgan fingerprint density at radius 2 is 1.90 bits per heavy atom. The van der Waals surface area contributed by atoms with Gasteiger partial charge in [0.2, 0.25) is 11.9 Å². The molecule has 2 unspecified atom stereocenters. The molecule has 2 aromatic heterocycles. The van der Waals surface area contributed by atoms with Crippen molar-refractivity contribution in [1.29, 1.82) is 0 Å². The van der Waals surface area contributed by atoms with E-state index in [0.29, 0.717) is 93.9 Å². The van der Waals surface area contributed by atoms with Crippen molar-refractivity contribution in [3.8, 4) is 5.82 Å². The number of aliphatic hydroxyl groups excluding tert-OH is 1. The molecule has 1 aromatic carbocycles. The molecule has 3 fully saturated rings. The standard InChI is InChI=1S/C28H36F2N8O3/c1-35-17-19(6-7-24(35)39)27(40)37-9-8-18(16-37)15-31-22-14-23(34-28(33-22)36-10-12-41-13-11-36)38-21-5-3-2-4-20(21)32-26(38)25(29)30/h2-5,14,18-19,24-25,39H,6-13,15-17H2,1H3,(H,31,33,34)/t18-,19?,24?/m1/s1. The first-order chi connectivity index (χ1) is 19.9. The fraction of sp³-hybridized carbons (Fsp3) is 0.571. The van der Waals surface area contributed by atoms with Gasteiger partial charge in [-0.25, -0.2) is 13.8 Å². The van der Waals surface area contributed by atoms with Gasteiger partial charge in [0, 0.05) is 45.3 Å². The van der Waals surface area contributed by atoms with Crippen molar-refractivity contribution in [3.63, 3.8) is 0 Å². The molecule has 0 aliphatic carbocycles. The van der Waals surface area contributed by atoms with Crippen LogP contribution in [0.5, 0.6) is 0 Å². The van der Waals surface area contributed by atoms with Gasteiger partial charge in [0.25, 0.3) is 6.43 Å². The van der Waals surface area contributed by atoms with E-state index < -0.39 is 12.7 Å². The molecule has 3 saturated heterocycles. The summed E-state index contributed by atoms with van der Waals surface area (Å²) in [6.45, 7) is 4.76. The molecule has 3 atom stereocenters. The van der Waals surface area contributed by atoms with Gasteiger partial charge in [0.05, 0.1) is 30.2 Å². The van der Waals surface area contributed by atoms with Crippen LogP contribution in [0.3, 0.4) is 0 Å². The Labute approximate surface area is 237 Å². The van der Waals surface area contributed by atoms with Crippen LogP contribution in [0.1, 0.15) is 31.5 Å². The van der Waals surface area contributed by atoms with E-state index in [4.69, 9.17) is 14.7 Å². The number of benzene rings is 1. The van der Waals surface area contributed by atoms with E-state index in [-0.39, 0.29) is 23.6 Å². The highest BCUT2D eigenvalue weighted by atomic mass is 19.3. The lowest BCUT2D eigenvalue weighted by molar-refractivity contribution is -0.139. The molecule has 2 N–H and O–H groups in total. The monoisotopic (exact) mass is 570 g/mol. The number of anilines is 2. The molecule has 220 valence electrons. The zero-order valence-corrected chi connectivity index (χ0v) is 23.1. The predicted molar refractivity (Wildman–Crippen MR) is 149 cm³/mol. The quantitative estimate of drug-likeness (QED) is 0.443. The molecule has 6 rings (SSSR count). The van der Waals surface area contributed by atoms with Crippen LogP contribution in [0.25, 0.3) is 16.9 Å². The number of halogens is 2. The number of carbonyl (C=O) groups excluding carboxylic acids is 1. The molecule has 13 heteroatoms.